The summed E-state index contributed by atoms with van der Waals surface area (Å²) in [6, 6.07) is 23.5. The van der Waals surface area contributed by atoms with E-state index < -0.39 is 0 Å². The molecule has 1 heteroatoms. The smallest absolute Gasteiger partial charge is 0.0656 e. The Kier molecular flexibility index (Phi) is 6.47. The number of hydrogen-bond acceptors (Lipinski definition) is 0. The summed E-state index contributed by atoms with van der Waals surface area (Å²) in [5, 5.41) is -0.0415. The van der Waals surface area contributed by atoms with Gasteiger partial charge < -0.3 is 0 Å². The zero-order chi connectivity index (χ0) is 29.4. The third-order valence-corrected chi connectivity index (χ3v) is 12.1. The van der Waals surface area contributed by atoms with E-state index in [1.165, 1.54) is 89.0 Å². The molecule has 2 radical (unpaired) electrons. The Morgan fingerprint density at radius 2 is 0.805 bits per heavy atom. The van der Waals surface area contributed by atoms with Crippen molar-refractivity contribution in [2.75, 3.05) is 0 Å². The minimum atomic E-state index is -0.0207. The summed E-state index contributed by atoms with van der Waals surface area (Å²) in [7, 11) is 0.696. The Bertz CT molecular complexity index is 1640. The SMILES string of the molecule is CC1=Cc2c(ccc(C)c2-c2cc(C)cc(C)c2)C1(C)[Si]C1(C)C(C)=Cc2c1ccc(C)c2-c1cc(C)cc(C)c1. The first-order chi connectivity index (χ1) is 19.3. The first kappa shape index (κ1) is 27.7. The predicted octanol–water partition coefficient (Wildman–Crippen LogP) is 10.5. The van der Waals surface area contributed by atoms with Gasteiger partial charge in [0.25, 0.3) is 0 Å². The maximum atomic E-state index is 2.50. The zero-order valence-corrected chi connectivity index (χ0v) is 27.4. The molecule has 0 spiro atoms. The average Bonchev–Trinajstić information content (AvgIpc) is 3.25. The van der Waals surface area contributed by atoms with Gasteiger partial charge in [-0.05, 0) is 111 Å². The Hall–Kier alpha value is -3.42. The number of aryl methyl sites for hydroxylation is 6. The van der Waals surface area contributed by atoms with Crippen molar-refractivity contribution in [2.24, 2.45) is 0 Å². The van der Waals surface area contributed by atoms with Crippen molar-refractivity contribution in [2.45, 2.75) is 79.3 Å². The third-order valence-electron chi connectivity index (χ3n) is 9.80. The Balaban J connectivity index is 1.49. The van der Waals surface area contributed by atoms with Gasteiger partial charge >= 0.3 is 0 Å². The van der Waals surface area contributed by atoms with Crippen molar-refractivity contribution in [3.8, 4) is 22.3 Å². The van der Waals surface area contributed by atoms with E-state index in [1.807, 2.05) is 0 Å². The molecule has 206 valence electrons. The molecular weight excluding hydrogens is 509 g/mol. The van der Waals surface area contributed by atoms with Crippen LogP contribution in [0.15, 0.2) is 71.8 Å². The van der Waals surface area contributed by atoms with Crippen LogP contribution in [0.25, 0.3) is 34.4 Å². The minimum absolute atomic E-state index is 0.0207. The van der Waals surface area contributed by atoms with E-state index in [9.17, 15) is 0 Å². The second-order valence-corrected chi connectivity index (χ2v) is 15.5. The lowest BCUT2D eigenvalue weighted by molar-refractivity contribution is 0.717. The second-order valence-electron chi connectivity index (χ2n) is 13.2. The van der Waals surface area contributed by atoms with Gasteiger partial charge in [-0.25, -0.2) is 0 Å². The van der Waals surface area contributed by atoms with Gasteiger partial charge in [-0.15, -0.1) is 0 Å². The summed E-state index contributed by atoms with van der Waals surface area (Å²) >= 11 is 0. The monoisotopic (exact) mass is 550 g/mol. The molecule has 2 unspecified atom stereocenters. The zero-order valence-electron chi connectivity index (χ0n) is 26.4. The molecule has 4 aromatic carbocycles. The van der Waals surface area contributed by atoms with Crippen molar-refractivity contribution in [3.63, 3.8) is 0 Å². The molecule has 41 heavy (non-hydrogen) atoms. The molecule has 0 aliphatic heterocycles. The highest BCUT2D eigenvalue weighted by Crippen LogP contribution is 2.52. The molecule has 2 aliphatic rings. The van der Waals surface area contributed by atoms with Crippen molar-refractivity contribution in [1.29, 1.82) is 0 Å². The molecule has 4 aromatic rings. The van der Waals surface area contributed by atoms with Gasteiger partial charge in [0.1, 0.15) is 0 Å². The van der Waals surface area contributed by atoms with Crippen LogP contribution in [0.3, 0.4) is 0 Å². The Morgan fingerprint density at radius 3 is 1.15 bits per heavy atom. The maximum Gasteiger partial charge on any atom is 0.0757 e. The number of benzene rings is 4. The van der Waals surface area contributed by atoms with E-state index in [4.69, 9.17) is 0 Å². The number of fused-ring (bicyclic) bond motifs is 2. The van der Waals surface area contributed by atoms with E-state index in [0.717, 1.165) is 0 Å². The van der Waals surface area contributed by atoms with Gasteiger partial charge in [0.2, 0.25) is 0 Å². The van der Waals surface area contributed by atoms with E-state index in [2.05, 4.69) is 142 Å². The highest BCUT2D eigenvalue weighted by molar-refractivity contribution is 6.48. The number of allylic oxidation sites excluding steroid dienone is 2. The Labute approximate surface area is 250 Å². The van der Waals surface area contributed by atoms with Crippen molar-refractivity contribution < 1.29 is 0 Å². The van der Waals surface area contributed by atoms with E-state index in [-0.39, 0.29) is 10.1 Å². The molecule has 0 amide bonds. The minimum Gasteiger partial charge on any atom is -0.0656 e. The van der Waals surface area contributed by atoms with Gasteiger partial charge in [-0.2, -0.15) is 0 Å². The number of hydrogen-bond donors (Lipinski definition) is 0. The van der Waals surface area contributed by atoms with Crippen LogP contribution < -0.4 is 0 Å². The molecular formula is C40H42Si. The molecule has 6 rings (SSSR count). The molecule has 2 atom stereocenters. The maximum absolute atomic E-state index is 2.50. The van der Waals surface area contributed by atoms with Gasteiger partial charge in [-0.1, -0.05) is 120 Å². The van der Waals surface area contributed by atoms with Crippen LogP contribution in [0.2, 0.25) is 0 Å². The molecule has 0 aromatic heterocycles. The molecule has 0 heterocycles. The van der Waals surface area contributed by atoms with Gasteiger partial charge in [-0.3, -0.25) is 0 Å². The lowest BCUT2D eigenvalue weighted by Crippen LogP contribution is -2.43. The summed E-state index contributed by atoms with van der Waals surface area (Å²) in [5.41, 5.74) is 22.3. The van der Waals surface area contributed by atoms with Crippen LogP contribution in [-0.4, -0.2) is 9.52 Å². The van der Waals surface area contributed by atoms with Gasteiger partial charge in [0.15, 0.2) is 0 Å². The molecule has 2 aliphatic carbocycles. The van der Waals surface area contributed by atoms with Crippen LogP contribution in [0, 0.1) is 41.5 Å². The van der Waals surface area contributed by atoms with Crippen molar-refractivity contribution in [1.82, 2.24) is 0 Å². The first-order valence-corrected chi connectivity index (χ1v) is 15.9. The van der Waals surface area contributed by atoms with E-state index in [1.54, 1.807) is 0 Å². The highest BCUT2D eigenvalue weighted by atomic mass is 28.2. The van der Waals surface area contributed by atoms with E-state index >= 15 is 0 Å². The highest BCUT2D eigenvalue weighted by Gasteiger charge is 2.47. The molecule has 0 saturated heterocycles. The molecule has 0 bridgehead atoms. The Morgan fingerprint density at radius 1 is 0.463 bits per heavy atom. The van der Waals surface area contributed by atoms with E-state index in [0.29, 0.717) is 9.52 Å². The largest absolute Gasteiger partial charge is 0.0757 e. The fourth-order valence-corrected chi connectivity index (χ4v) is 9.86. The lowest BCUT2D eigenvalue weighted by Gasteiger charge is -2.38. The summed E-state index contributed by atoms with van der Waals surface area (Å²) in [6.45, 7) is 23.1. The van der Waals surface area contributed by atoms with Crippen LogP contribution >= 0.6 is 0 Å². The number of rotatable bonds is 4. The lowest BCUT2D eigenvalue weighted by atomic mass is 9.88. The van der Waals surface area contributed by atoms with Crippen molar-refractivity contribution >= 4 is 21.7 Å². The van der Waals surface area contributed by atoms with Crippen molar-refractivity contribution in [3.05, 3.63) is 127 Å². The van der Waals surface area contributed by atoms with Crippen LogP contribution in [0.4, 0.5) is 0 Å². The summed E-state index contributed by atoms with van der Waals surface area (Å²) in [6.07, 6.45) is 4.99. The average molecular weight is 551 g/mol. The fourth-order valence-electron chi connectivity index (χ4n) is 7.61. The molecule has 0 fully saturated rings. The molecule has 0 saturated carbocycles. The normalized spacial score (nSPS) is 21.0. The molecule has 0 nitrogen and oxygen atoms in total. The predicted molar refractivity (Wildman–Crippen MR) is 180 cm³/mol. The summed E-state index contributed by atoms with van der Waals surface area (Å²) < 4.78 is 0. The topological polar surface area (TPSA) is 0 Å². The second kappa shape index (κ2) is 9.56. The standard InChI is InChI=1S/C40H42Si/c1-23-15-24(2)18-31(17-23)37-27(5)11-13-35-33(37)21-29(7)39(35,9)41-40(10)30(8)22-34-36(40)14-12-28(6)38(34)32-19-25(3)16-26(4)20-32/h11-22H,1-10H3. The third kappa shape index (κ3) is 4.32. The fraction of sp³-hybridized carbons (Fsp3) is 0.300. The van der Waals surface area contributed by atoms with Crippen LogP contribution in [0.5, 0.6) is 0 Å². The van der Waals surface area contributed by atoms with Gasteiger partial charge in [0.05, 0.1) is 9.52 Å². The first-order valence-electron chi connectivity index (χ1n) is 14.9. The molecule has 0 N–H and O–H groups in total. The van der Waals surface area contributed by atoms with Crippen LogP contribution in [0.1, 0.15) is 83.3 Å². The summed E-state index contributed by atoms with van der Waals surface area (Å²) in [4.78, 5) is 0. The quantitative estimate of drug-likeness (QED) is 0.222. The van der Waals surface area contributed by atoms with Gasteiger partial charge in [0, 0.05) is 10.1 Å². The summed E-state index contributed by atoms with van der Waals surface area (Å²) in [5.74, 6) is 0. The van der Waals surface area contributed by atoms with Crippen LogP contribution in [-0.2, 0) is 10.1 Å².